The van der Waals surface area contributed by atoms with Crippen molar-refractivity contribution in [3.63, 3.8) is 0 Å². The van der Waals surface area contributed by atoms with E-state index in [4.69, 9.17) is 6.42 Å². The van der Waals surface area contributed by atoms with E-state index in [-0.39, 0.29) is 12.5 Å². The third-order valence-corrected chi connectivity index (χ3v) is 2.57. The molecule has 2 N–H and O–H groups in total. The van der Waals surface area contributed by atoms with E-state index in [1.54, 1.807) is 0 Å². The third-order valence-electron chi connectivity index (χ3n) is 1.91. The Morgan fingerprint density at radius 1 is 1.56 bits per heavy atom. The molecule has 4 heteroatoms. The standard InChI is InChI=1S/C12H13BrN2O/c1-3-6-14-8-12(16)15-11-5-4-9(2)7-10(11)13/h1,4-5,7,14H,6,8H2,2H3,(H,15,16). The summed E-state index contributed by atoms with van der Waals surface area (Å²) in [6.45, 7) is 2.60. The molecule has 3 nitrogen and oxygen atoms in total. The quantitative estimate of drug-likeness (QED) is 0.654. The second kappa shape index (κ2) is 6.31. The summed E-state index contributed by atoms with van der Waals surface area (Å²) in [6.07, 6.45) is 5.06. The van der Waals surface area contributed by atoms with Gasteiger partial charge in [0.05, 0.1) is 18.8 Å². The van der Waals surface area contributed by atoms with E-state index in [2.05, 4.69) is 32.5 Å². The highest BCUT2D eigenvalue weighted by molar-refractivity contribution is 9.10. The molecule has 0 heterocycles. The van der Waals surface area contributed by atoms with Gasteiger partial charge < -0.3 is 5.32 Å². The molecule has 1 rings (SSSR count). The first kappa shape index (κ1) is 12.8. The molecule has 0 aliphatic rings. The summed E-state index contributed by atoms with van der Waals surface area (Å²) in [5.74, 6) is 2.29. The minimum Gasteiger partial charge on any atom is -0.324 e. The topological polar surface area (TPSA) is 41.1 Å². The van der Waals surface area contributed by atoms with E-state index >= 15 is 0 Å². The van der Waals surface area contributed by atoms with Crippen LogP contribution in [0.4, 0.5) is 5.69 Å². The zero-order valence-corrected chi connectivity index (χ0v) is 10.6. The van der Waals surface area contributed by atoms with E-state index in [0.717, 1.165) is 15.7 Å². The Hall–Kier alpha value is -1.31. The highest BCUT2D eigenvalue weighted by Gasteiger charge is 2.04. The average Bonchev–Trinajstić information content (AvgIpc) is 2.23. The molecule has 84 valence electrons. The van der Waals surface area contributed by atoms with Gasteiger partial charge in [-0.15, -0.1) is 6.42 Å². The fourth-order valence-electron chi connectivity index (χ4n) is 1.16. The molecule has 0 saturated carbocycles. The predicted molar refractivity (Wildman–Crippen MR) is 69.2 cm³/mol. The molecule has 0 radical (unpaired) electrons. The Kier molecular flexibility index (Phi) is 5.03. The molecule has 0 aliphatic heterocycles. The molecule has 0 saturated heterocycles. The van der Waals surface area contributed by atoms with Crippen LogP contribution >= 0.6 is 15.9 Å². The molecule has 0 unspecified atom stereocenters. The SMILES string of the molecule is C#CCNCC(=O)Nc1ccc(C)cc1Br. The van der Waals surface area contributed by atoms with Crippen molar-refractivity contribution in [3.8, 4) is 12.3 Å². The van der Waals surface area contributed by atoms with Gasteiger partial charge in [-0.1, -0.05) is 12.0 Å². The highest BCUT2D eigenvalue weighted by atomic mass is 79.9. The lowest BCUT2D eigenvalue weighted by molar-refractivity contribution is -0.115. The van der Waals surface area contributed by atoms with Gasteiger partial charge in [-0.2, -0.15) is 0 Å². The Bertz CT molecular complexity index is 424. The van der Waals surface area contributed by atoms with Crippen LogP contribution in [0.25, 0.3) is 0 Å². The molecule has 1 amide bonds. The van der Waals surface area contributed by atoms with Crippen LogP contribution in [0.15, 0.2) is 22.7 Å². The van der Waals surface area contributed by atoms with Crippen LogP contribution < -0.4 is 10.6 Å². The van der Waals surface area contributed by atoms with Gasteiger partial charge in [-0.3, -0.25) is 10.1 Å². The van der Waals surface area contributed by atoms with Gasteiger partial charge in [0.15, 0.2) is 0 Å². The summed E-state index contributed by atoms with van der Waals surface area (Å²) >= 11 is 3.39. The highest BCUT2D eigenvalue weighted by Crippen LogP contribution is 2.22. The monoisotopic (exact) mass is 280 g/mol. The third kappa shape index (κ3) is 4.05. The van der Waals surface area contributed by atoms with Crippen molar-refractivity contribution >= 4 is 27.5 Å². The Labute approximate surface area is 104 Å². The van der Waals surface area contributed by atoms with E-state index in [9.17, 15) is 4.79 Å². The number of carbonyl (C=O) groups is 1. The Morgan fingerprint density at radius 2 is 2.31 bits per heavy atom. The Morgan fingerprint density at radius 3 is 2.94 bits per heavy atom. The van der Waals surface area contributed by atoms with Crippen molar-refractivity contribution in [3.05, 3.63) is 28.2 Å². The summed E-state index contributed by atoms with van der Waals surface area (Å²) in [5, 5.41) is 5.60. The fraction of sp³-hybridized carbons (Fsp3) is 0.250. The van der Waals surface area contributed by atoms with Crippen LogP contribution in [-0.2, 0) is 4.79 Å². The number of anilines is 1. The van der Waals surface area contributed by atoms with Crippen molar-refractivity contribution < 1.29 is 4.79 Å². The van der Waals surface area contributed by atoms with E-state index < -0.39 is 0 Å². The number of nitrogens with one attached hydrogen (secondary N) is 2. The molecule has 0 aliphatic carbocycles. The molecular formula is C12H13BrN2O. The molecule has 0 aromatic heterocycles. The molecule has 1 aromatic rings. The number of rotatable bonds is 4. The van der Waals surface area contributed by atoms with Crippen molar-refractivity contribution in [1.29, 1.82) is 0 Å². The number of hydrogen-bond acceptors (Lipinski definition) is 2. The summed E-state index contributed by atoms with van der Waals surface area (Å²) < 4.78 is 0.873. The van der Waals surface area contributed by atoms with Gasteiger partial charge in [0.1, 0.15) is 0 Å². The molecule has 0 atom stereocenters. The summed E-state index contributed by atoms with van der Waals surface area (Å²) in [5.41, 5.74) is 1.90. The van der Waals surface area contributed by atoms with E-state index in [1.165, 1.54) is 0 Å². The maximum absolute atomic E-state index is 11.5. The zero-order valence-electron chi connectivity index (χ0n) is 9.01. The first-order valence-electron chi connectivity index (χ1n) is 4.83. The number of amides is 1. The Balaban J connectivity index is 2.53. The molecule has 0 spiro atoms. The van der Waals surface area contributed by atoms with Crippen LogP contribution in [0, 0.1) is 19.3 Å². The van der Waals surface area contributed by atoms with Crippen molar-refractivity contribution in [1.82, 2.24) is 5.32 Å². The molecule has 0 bridgehead atoms. The maximum atomic E-state index is 11.5. The van der Waals surface area contributed by atoms with E-state index in [1.807, 2.05) is 25.1 Å². The first-order valence-corrected chi connectivity index (χ1v) is 5.63. The second-order valence-electron chi connectivity index (χ2n) is 3.34. The lowest BCUT2D eigenvalue weighted by atomic mass is 10.2. The zero-order chi connectivity index (χ0) is 12.0. The summed E-state index contributed by atoms with van der Waals surface area (Å²) in [6, 6.07) is 5.75. The van der Waals surface area contributed by atoms with Crippen LogP contribution in [-0.4, -0.2) is 19.0 Å². The molecule has 1 aromatic carbocycles. The molecule has 16 heavy (non-hydrogen) atoms. The van der Waals surface area contributed by atoms with Gasteiger partial charge in [0.2, 0.25) is 5.91 Å². The van der Waals surface area contributed by atoms with Gasteiger partial charge in [-0.05, 0) is 40.5 Å². The van der Waals surface area contributed by atoms with Crippen LogP contribution in [0.2, 0.25) is 0 Å². The van der Waals surface area contributed by atoms with Gasteiger partial charge >= 0.3 is 0 Å². The van der Waals surface area contributed by atoms with E-state index in [0.29, 0.717) is 6.54 Å². The minimum atomic E-state index is -0.111. The van der Waals surface area contributed by atoms with Crippen molar-refractivity contribution in [2.75, 3.05) is 18.4 Å². The summed E-state index contributed by atoms with van der Waals surface area (Å²) in [7, 11) is 0. The average molecular weight is 281 g/mol. The first-order chi connectivity index (χ1) is 7.63. The van der Waals surface area contributed by atoms with Crippen molar-refractivity contribution in [2.24, 2.45) is 0 Å². The second-order valence-corrected chi connectivity index (χ2v) is 4.19. The number of halogens is 1. The number of benzene rings is 1. The molecular weight excluding hydrogens is 268 g/mol. The smallest absolute Gasteiger partial charge is 0.238 e. The normalized spacial score (nSPS) is 9.56. The lowest BCUT2D eigenvalue weighted by Gasteiger charge is -2.08. The van der Waals surface area contributed by atoms with Crippen molar-refractivity contribution in [2.45, 2.75) is 6.92 Å². The van der Waals surface area contributed by atoms with Gasteiger partial charge in [-0.25, -0.2) is 0 Å². The fourth-order valence-corrected chi connectivity index (χ4v) is 1.76. The summed E-state index contributed by atoms with van der Waals surface area (Å²) in [4.78, 5) is 11.5. The van der Waals surface area contributed by atoms with Gasteiger partial charge in [0.25, 0.3) is 0 Å². The predicted octanol–water partition coefficient (Wildman–Crippen LogP) is 1.92. The number of carbonyl (C=O) groups excluding carboxylic acids is 1. The number of hydrogen-bond donors (Lipinski definition) is 2. The number of aryl methyl sites for hydroxylation is 1. The number of terminal acetylenes is 1. The minimum absolute atomic E-state index is 0.111. The van der Waals surface area contributed by atoms with Gasteiger partial charge in [0, 0.05) is 4.47 Å². The van der Waals surface area contributed by atoms with Crippen LogP contribution in [0.3, 0.4) is 0 Å². The molecule has 0 fully saturated rings. The maximum Gasteiger partial charge on any atom is 0.238 e. The largest absolute Gasteiger partial charge is 0.324 e. The lowest BCUT2D eigenvalue weighted by Crippen LogP contribution is -2.28. The van der Waals surface area contributed by atoms with Crippen LogP contribution in [0.5, 0.6) is 0 Å². The van der Waals surface area contributed by atoms with Crippen LogP contribution in [0.1, 0.15) is 5.56 Å².